The van der Waals surface area contributed by atoms with Crippen molar-refractivity contribution in [3.63, 3.8) is 0 Å². The molecule has 0 N–H and O–H groups in total. The summed E-state index contributed by atoms with van der Waals surface area (Å²) in [6, 6.07) is 15.1. The Balaban J connectivity index is 1.78. The van der Waals surface area contributed by atoms with Gasteiger partial charge in [0.05, 0.1) is 14.2 Å². The van der Waals surface area contributed by atoms with Gasteiger partial charge in [-0.25, -0.2) is 14.9 Å². The van der Waals surface area contributed by atoms with Crippen LogP contribution < -0.4 is 14.4 Å². The molecule has 0 unspecified atom stereocenters. The fourth-order valence-corrected chi connectivity index (χ4v) is 3.54. The van der Waals surface area contributed by atoms with Crippen molar-refractivity contribution in [2.45, 2.75) is 0 Å². The van der Waals surface area contributed by atoms with Crippen LogP contribution in [-0.2, 0) is 4.79 Å². The van der Waals surface area contributed by atoms with Gasteiger partial charge < -0.3 is 9.47 Å². The van der Waals surface area contributed by atoms with Gasteiger partial charge in [-0.2, -0.15) is 0 Å². The molecule has 0 bridgehead atoms. The van der Waals surface area contributed by atoms with Crippen molar-refractivity contribution in [3.8, 4) is 11.5 Å². The van der Waals surface area contributed by atoms with Crippen LogP contribution in [0.4, 0.5) is 5.13 Å². The molecule has 140 valence electrons. The third-order valence-corrected chi connectivity index (χ3v) is 4.97. The van der Waals surface area contributed by atoms with Crippen molar-refractivity contribution in [3.05, 3.63) is 76.9 Å². The summed E-state index contributed by atoms with van der Waals surface area (Å²) in [5.41, 5.74) is 1.97. The lowest BCUT2D eigenvalue weighted by molar-refractivity contribution is -0.113. The van der Waals surface area contributed by atoms with Crippen molar-refractivity contribution in [2.24, 2.45) is 4.99 Å². The lowest BCUT2D eigenvalue weighted by Gasteiger charge is -2.14. The van der Waals surface area contributed by atoms with Gasteiger partial charge in [-0.3, -0.25) is 4.79 Å². The number of ether oxygens (including phenoxy) is 2. The summed E-state index contributed by atoms with van der Waals surface area (Å²) < 4.78 is 10.6. The molecule has 0 saturated carbocycles. The Hall–Kier alpha value is -3.45. The molecular formula is C21H17N3O3S. The number of rotatable bonds is 5. The minimum absolute atomic E-state index is 0.219. The number of hydrogen-bond acceptors (Lipinski definition) is 6. The smallest absolute Gasteiger partial charge is 0.284 e. The van der Waals surface area contributed by atoms with Crippen molar-refractivity contribution < 1.29 is 14.3 Å². The first-order valence-corrected chi connectivity index (χ1v) is 9.41. The van der Waals surface area contributed by atoms with Crippen LogP contribution in [0.1, 0.15) is 11.1 Å². The topological polar surface area (TPSA) is 64.0 Å². The fraction of sp³-hybridized carbons (Fsp3) is 0.0952. The third kappa shape index (κ3) is 3.27. The van der Waals surface area contributed by atoms with Crippen molar-refractivity contribution in [1.82, 2.24) is 4.98 Å². The van der Waals surface area contributed by atoms with E-state index in [0.717, 1.165) is 11.1 Å². The van der Waals surface area contributed by atoms with E-state index in [1.54, 1.807) is 37.5 Å². The summed E-state index contributed by atoms with van der Waals surface area (Å²) in [5, 5.41) is 2.42. The van der Waals surface area contributed by atoms with E-state index in [9.17, 15) is 4.79 Å². The largest absolute Gasteiger partial charge is 0.493 e. The maximum absolute atomic E-state index is 13.1. The van der Waals surface area contributed by atoms with Gasteiger partial charge in [-0.15, -0.1) is 11.3 Å². The van der Waals surface area contributed by atoms with Crippen molar-refractivity contribution in [1.29, 1.82) is 0 Å². The normalized spacial score (nSPS) is 15.1. The molecule has 6 nitrogen and oxygen atoms in total. The molecule has 28 heavy (non-hydrogen) atoms. The molecule has 0 aliphatic carbocycles. The molecule has 0 fully saturated rings. The number of aromatic nitrogens is 1. The van der Waals surface area contributed by atoms with E-state index in [-0.39, 0.29) is 5.91 Å². The Morgan fingerprint density at radius 3 is 2.50 bits per heavy atom. The number of carbonyl (C=O) groups is 1. The zero-order valence-electron chi connectivity index (χ0n) is 15.3. The summed E-state index contributed by atoms with van der Waals surface area (Å²) in [6.45, 7) is 0. The van der Waals surface area contributed by atoms with Gasteiger partial charge in [0.2, 0.25) is 0 Å². The second-order valence-corrected chi connectivity index (χ2v) is 6.77. The predicted molar refractivity (Wildman–Crippen MR) is 110 cm³/mol. The molecular weight excluding hydrogens is 374 g/mol. The first kappa shape index (κ1) is 17.9. The summed E-state index contributed by atoms with van der Waals surface area (Å²) in [6.07, 6.45) is 3.41. The number of aliphatic imine (C=N–C) groups is 1. The Bertz CT molecular complexity index is 1060. The van der Waals surface area contributed by atoms with Crippen LogP contribution in [0.25, 0.3) is 6.08 Å². The molecule has 0 saturated heterocycles. The highest BCUT2D eigenvalue weighted by Crippen LogP contribution is 2.31. The second-order valence-electron chi connectivity index (χ2n) is 5.90. The minimum Gasteiger partial charge on any atom is -0.493 e. The molecule has 2 aromatic carbocycles. The van der Waals surface area contributed by atoms with E-state index in [4.69, 9.17) is 9.47 Å². The zero-order chi connectivity index (χ0) is 19.5. The Kier molecular flexibility index (Phi) is 4.90. The molecule has 7 heteroatoms. The first-order valence-electron chi connectivity index (χ1n) is 8.53. The summed E-state index contributed by atoms with van der Waals surface area (Å²) in [5.74, 6) is 1.56. The van der Waals surface area contributed by atoms with Crippen molar-refractivity contribution >= 4 is 34.3 Å². The summed E-state index contributed by atoms with van der Waals surface area (Å²) in [4.78, 5) is 23.6. The number of anilines is 1. The predicted octanol–water partition coefficient (Wildman–Crippen LogP) is 3.99. The number of carbonyl (C=O) groups excluding carboxylic acids is 1. The molecule has 0 spiro atoms. The molecule has 2 heterocycles. The van der Waals surface area contributed by atoms with E-state index in [1.165, 1.54) is 11.3 Å². The molecule has 1 aliphatic heterocycles. The molecule has 1 aliphatic rings. The van der Waals surface area contributed by atoms with Gasteiger partial charge in [0.25, 0.3) is 5.91 Å². The van der Waals surface area contributed by atoms with E-state index < -0.39 is 0 Å². The number of benzene rings is 2. The van der Waals surface area contributed by atoms with Gasteiger partial charge in [-0.1, -0.05) is 36.4 Å². The number of hydrogen-bond donors (Lipinski definition) is 0. The quantitative estimate of drug-likeness (QED) is 0.617. The lowest BCUT2D eigenvalue weighted by atomic mass is 10.1. The molecule has 4 rings (SSSR count). The molecule has 0 atom stereocenters. The van der Waals surface area contributed by atoms with E-state index >= 15 is 0 Å². The minimum atomic E-state index is -0.219. The second kappa shape index (κ2) is 7.66. The SMILES string of the molecule is COc1ccc(/C=C2\N=C(c3ccccc3)N(c3nccs3)C2=O)cc1OC. The number of amidine groups is 1. The van der Waals surface area contributed by atoms with Crippen LogP contribution in [0.5, 0.6) is 11.5 Å². The zero-order valence-corrected chi connectivity index (χ0v) is 16.1. The highest BCUT2D eigenvalue weighted by molar-refractivity contribution is 7.14. The number of methoxy groups -OCH3 is 2. The summed E-state index contributed by atoms with van der Waals surface area (Å²) >= 11 is 1.39. The van der Waals surface area contributed by atoms with Crippen LogP contribution in [0.15, 0.2) is 70.8 Å². The molecule has 0 radical (unpaired) electrons. The maximum atomic E-state index is 13.1. The highest BCUT2D eigenvalue weighted by Gasteiger charge is 2.33. The average Bonchev–Trinajstić information content (AvgIpc) is 3.37. The van der Waals surface area contributed by atoms with Gasteiger partial charge in [-0.05, 0) is 23.8 Å². The van der Waals surface area contributed by atoms with Gasteiger partial charge >= 0.3 is 0 Å². The van der Waals surface area contributed by atoms with Gasteiger partial charge in [0.15, 0.2) is 16.6 Å². The monoisotopic (exact) mass is 391 g/mol. The standard InChI is InChI=1S/C21H17N3O3S/c1-26-17-9-8-14(13-18(17)27-2)12-16-20(25)24(21-22-10-11-28-21)19(23-16)15-6-4-3-5-7-15/h3-13H,1-2H3/b16-12-. The third-order valence-electron chi connectivity index (χ3n) is 4.21. The average molecular weight is 391 g/mol. The van der Waals surface area contributed by atoms with Crippen LogP contribution in [-0.4, -0.2) is 30.9 Å². The van der Waals surface area contributed by atoms with E-state index in [1.807, 2.05) is 47.8 Å². The first-order chi connectivity index (χ1) is 13.7. The number of amides is 1. The van der Waals surface area contributed by atoms with Crippen molar-refractivity contribution in [2.75, 3.05) is 19.1 Å². The van der Waals surface area contributed by atoms with E-state index in [2.05, 4.69) is 9.98 Å². The Morgan fingerprint density at radius 2 is 1.82 bits per heavy atom. The highest BCUT2D eigenvalue weighted by atomic mass is 32.1. The van der Waals surface area contributed by atoms with Crippen LogP contribution in [0.3, 0.4) is 0 Å². The molecule has 1 amide bonds. The number of thiazole rings is 1. The maximum Gasteiger partial charge on any atom is 0.284 e. The van der Waals surface area contributed by atoms with Crippen LogP contribution >= 0.6 is 11.3 Å². The lowest BCUT2D eigenvalue weighted by Crippen LogP contribution is -2.32. The van der Waals surface area contributed by atoms with Crippen LogP contribution in [0, 0.1) is 0 Å². The Labute approximate surface area is 166 Å². The Morgan fingerprint density at radius 1 is 1.04 bits per heavy atom. The van der Waals surface area contributed by atoms with Crippen LogP contribution in [0.2, 0.25) is 0 Å². The fourth-order valence-electron chi connectivity index (χ4n) is 2.90. The molecule has 1 aromatic heterocycles. The summed E-state index contributed by atoms with van der Waals surface area (Å²) in [7, 11) is 3.16. The van der Waals surface area contributed by atoms with Gasteiger partial charge in [0.1, 0.15) is 11.5 Å². The number of nitrogens with zero attached hydrogens (tertiary/aromatic N) is 3. The molecule has 3 aromatic rings. The van der Waals surface area contributed by atoms with E-state index in [0.29, 0.717) is 28.2 Å². The van der Waals surface area contributed by atoms with Gasteiger partial charge in [0, 0.05) is 17.1 Å².